The molecule has 8 heteroatoms. The maximum absolute atomic E-state index is 11.9. The highest BCUT2D eigenvalue weighted by Gasteiger charge is 2.33. The number of urea groups is 1. The summed E-state index contributed by atoms with van der Waals surface area (Å²) in [4.78, 5) is 22.0. The maximum Gasteiger partial charge on any atom is 0.319 e. The highest BCUT2D eigenvalue weighted by molar-refractivity contribution is 5.89. The first-order valence-corrected chi connectivity index (χ1v) is 7.08. The number of carbonyl (C=O) groups excluding carboxylic acids is 1. The fourth-order valence-electron chi connectivity index (χ4n) is 2.56. The van der Waals surface area contributed by atoms with E-state index in [1.807, 2.05) is 0 Å². The molecule has 1 saturated heterocycles. The second-order valence-electron chi connectivity index (χ2n) is 5.36. The van der Waals surface area contributed by atoms with Crippen LogP contribution in [-0.4, -0.2) is 43.3 Å². The van der Waals surface area contributed by atoms with Crippen LogP contribution in [0.3, 0.4) is 0 Å². The normalized spacial score (nSPS) is 20.6. The monoisotopic (exact) mass is 308 g/mol. The molecule has 1 aromatic rings. The minimum Gasteiger partial charge on any atom is -0.383 e. The average Bonchev–Trinajstić information content (AvgIpc) is 2.95. The van der Waals surface area contributed by atoms with E-state index in [4.69, 9.17) is 4.74 Å². The van der Waals surface area contributed by atoms with Crippen LogP contribution in [0.5, 0.6) is 0 Å². The Kier molecular flexibility index (Phi) is 5.29. The molecule has 1 aliphatic rings. The number of nitro benzene ring substituents is 1. The Morgan fingerprint density at radius 1 is 1.45 bits per heavy atom. The molecule has 8 nitrogen and oxygen atoms in total. The number of rotatable bonds is 6. The number of nitro groups is 1. The average molecular weight is 308 g/mol. The van der Waals surface area contributed by atoms with Gasteiger partial charge in [0.25, 0.3) is 5.69 Å². The van der Waals surface area contributed by atoms with Gasteiger partial charge in [0.15, 0.2) is 0 Å². The van der Waals surface area contributed by atoms with Crippen LogP contribution in [0, 0.1) is 10.1 Å². The van der Waals surface area contributed by atoms with Crippen molar-refractivity contribution < 1.29 is 14.5 Å². The van der Waals surface area contributed by atoms with Crippen molar-refractivity contribution in [3.05, 3.63) is 34.4 Å². The molecule has 1 heterocycles. The second-order valence-corrected chi connectivity index (χ2v) is 5.36. The molecule has 0 saturated carbocycles. The molecule has 0 bridgehead atoms. The van der Waals surface area contributed by atoms with Gasteiger partial charge in [0.2, 0.25) is 0 Å². The van der Waals surface area contributed by atoms with E-state index in [-0.39, 0.29) is 17.3 Å². The molecule has 1 fully saturated rings. The molecular formula is C14H20N4O4. The Balaban J connectivity index is 1.85. The van der Waals surface area contributed by atoms with Crippen molar-refractivity contribution >= 4 is 17.4 Å². The quantitative estimate of drug-likeness (QED) is 0.545. The molecule has 0 aliphatic carbocycles. The summed E-state index contributed by atoms with van der Waals surface area (Å²) < 4.78 is 5.22. The number of nitrogens with one attached hydrogen (secondary N) is 3. The summed E-state index contributed by atoms with van der Waals surface area (Å²) in [6, 6.07) is 5.34. The van der Waals surface area contributed by atoms with Crippen LogP contribution in [0.1, 0.15) is 12.8 Å². The van der Waals surface area contributed by atoms with Crippen molar-refractivity contribution in [3.8, 4) is 0 Å². The molecule has 120 valence electrons. The molecule has 2 amide bonds. The van der Waals surface area contributed by atoms with Gasteiger partial charge in [0.05, 0.1) is 17.1 Å². The molecule has 0 spiro atoms. The number of methoxy groups -OCH3 is 1. The van der Waals surface area contributed by atoms with E-state index >= 15 is 0 Å². The Morgan fingerprint density at radius 3 is 2.73 bits per heavy atom. The summed E-state index contributed by atoms with van der Waals surface area (Å²) in [5, 5.41) is 19.4. The first-order valence-electron chi connectivity index (χ1n) is 7.08. The van der Waals surface area contributed by atoms with Crippen molar-refractivity contribution in [1.82, 2.24) is 10.6 Å². The number of non-ortho nitro benzene ring substituents is 1. The Bertz CT molecular complexity index is 526. The van der Waals surface area contributed by atoms with E-state index in [2.05, 4.69) is 16.0 Å². The van der Waals surface area contributed by atoms with Crippen LogP contribution in [0.4, 0.5) is 16.2 Å². The van der Waals surface area contributed by atoms with Gasteiger partial charge < -0.3 is 20.7 Å². The second kappa shape index (κ2) is 7.19. The van der Waals surface area contributed by atoms with Gasteiger partial charge in [-0.1, -0.05) is 0 Å². The first kappa shape index (κ1) is 16.2. The Morgan fingerprint density at radius 2 is 2.18 bits per heavy atom. The lowest BCUT2D eigenvalue weighted by Crippen LogP contribution is -2.53. The lowest BCUT2D eigenvalue weighted by atomic mass is 9.99. The molecule has 22 heavy (non-hydrogen) atoms. The summed E-state index contributed by atoms with van der Waals surface area (Å²) in [7, 11) is 1.64. The minimum absolute atomic E-state index is 0.0137. The lowest BCUT2D eigenvalue weighted by Gasteiger charge is -2.28. The zero-order valence-corrected chi connectivity index (χ0v) is 12.4. The van der Waals surface area contributed by atoms with Crippen LogP contribution in [-0.2, 0) is 4.74 Å². The van der Waals surface area contributed by atoms with Gasteiger partial charge in [-0.3, -0.25) is 10.1 Å². The summed E-state index contributed by atoms with van der Waals surface area (Å²) in [6.45, 7) is 1.90. The van der Waals surface area contributed by atoms with Gasteiger partial charge in [0.1, 0.15) is 0 Å². The third-order valence-corrected chi connectivity index (χ3v) is 3.68. The molecule has 1 aliphatic heterocycles. The highest BCUT2D eigenvalue weighted by Crippen LogP contribution is 2.19. The predicted molar refractivity (Wildman–Crippen MR) is 82.0 cm³/mol. The van der Waals surface area contributed by atoms with Gasteiger partial charge in [-0.05, 0) is 31.5 Å². The minimum atomic E-state index is -0.482. The number of hydrogen-bond acceptors (Lipinski definition) is 5. The zero-order chi connectivity index (χ0) is 16.0. The SMILES string of the molecule is COCC1(CNC(=O)Nc2ccc([N+](=O)[O-])cc2)CCCN1. The Hall–Kier alpha value is -2.19. The number of nitrogens with zero attached hydrogens (tertiary/aromatic N) is 1. The fourth-order valence-corrected chi connectivity index (χ4v) is 2.56. The fraction of sp³-hybridized carbons (Fsp3) is 0.500. The van der Waals surface area contributed by atoms with Gasteiger partial charge in [-0.25, -0.2) is 4.79 Å². The molecular weight excluding hydrogens is 288 g/mol. The van der Waals surface area contributed by atoms with Crippen molar-refractivity contribution in [2.75, 3.05) is 32.1 Å². The lowest BCUT2D eigenvalue weighted by molar-refractivity contribution is -0.384. The number of amides is 2. The molecule has 1 unspecified atom stereocenters. The standard InChI is InChI=1S/C14H20N4O4/c1-22-10-14(7-2-8-16-14)9-15-13(19)17-11-3-5-12(6-4-11)18(20)21/h3-6,16H,2,7-10H2,1H3,(H2,15,17,19). The van der Waals surface area contributed by atoms with E-state index in [1.165, 1.54) is 24.3 Å². The molecule has 0 radical (unpaired) electrons. The van der Waals surface area contributed by atoms with Crippen LogP contribution in [0.2, 0.25) is 0 Å². The first-order chi connectivity index (χ1) is 10.5. The van der Waals surface area contributed by atoms with Gasteiger partial charge in [-0.15, -0.1) is 0 Å². The smallest absolute Gasteiger partial charge is 0.319 e. The van der Waals surface area contributed by atoms with Crippen molar-refractivity contribution in [1.29, 1.82) is 0 Å². The van der Waals surface area contributed by atoms with Crippen LogP contribution >= 0.6 is 0 Å². The zero-order valence-electron chi connectivity index (χ0n) is 12.4. The summed E-state index contributed by atoms with van der Waals surface area (Å²) in [5.41, 5.74) is 0.269. The molecule has 1 aromatic carbocycles. The Labute approximate surface area is 128 Å². The van der Waals surface area contributed by atoms with Gasteiger partial charge in [0, 0.05) is 31.5 Å². The third kappa shape index (κ3) is 4.15. The van der Waals surface area contributed by atoms with Gasteiger partial charge in [-0.2, -0.15) is 0 Å². The molecule has 2 rings (SSSR count). The highest BCUT2D eigenvalue weighted by atomic mass is 16.6. The maximum atomic E-state index is 11.9. The largest absolute Gasteiger partial charge is 0.383 e. The number of hydrogen-bond donors (Lipinski definition) is 3. The van der Waals surface area contributed by atoms with Crippen molar-refractivity contribution in [3.63, 3.8) is 0 Å². The number of carbonyl (C=O) groups is 1. The van der Waals surface area contributed by atoms with Crippen LogP contribution in [0.15, 0.2) is 24.3 Å². The van der Waals surface area contributed by atoms with E-state index in [1.54, 1.807) is 7.11 Å². The summed E-state index contributed by atoms with van der Waals surface area (Å²) in [5.74, 6) is 0. The number of benzene rings is 1. The molecule has 1 atom stereocenters. The third-order valence-electron chi connectivity index (χ3n) is 3.68. The predicted octanol–water partition coefficient (Wildman–Crippen LogP) is 1.48. The van der Waals surface area contributed by atoms with E-state index in [9.17, 15) is 14.9 Å². The molecule has 3 N–H and O–H groups in total. The van der Waals surface area contributed by atoms with Crippen LogP contribution in [0.25, 0.3) is 0 Å². The summed E-state index contributed by atoms with van der Waals surface area (Å²) >= 11 is 0. The van der Waals surface area contributed by atoms with Crippen molar-refractivity contribution in [2.24, 2.45) is 0 Å². The molecule has 0 aromatic heterocycles. The van der Waals surface area contributed by atoms with Crippen molar-refractivity contribution in [2.45, 2.75) is 18.4 Å². The number of ether oxygens (including phenoxy) is 1. The van der Waals surface area contributed by atoms with E-state index < -0.39 is 4.92 Å². The van der Waals surface area contributed by atoms with Gasteiger partial charge >= 0.3 is 6.03 Å². The number of anilines is 1. The summed E-state index contributed by atoms with van der Waals surface area (Å²) in [6.07, 6.45) is 1.99. The topological polar surface area (TPSA) is 106 Å². The van der Waals surface area contributed by atoms with Crippen LogP contribution < -0.4 is 16.0 Å². The van der Waals surface area contributed by atoms with E-state index in [0.717, 1.165) is 19.4 Å². The van der Waals surface area contributed by atoms with E-state index in [0.29, 0.717) is 18.8 Å².